The van der Waals surface area contributed by atoms with Crippen molar-refractivity contribution in [1.82, 2.24) is 4.98 Å². The Morgan fingerprint density at radius 2 is 2.13 bits per heavy atom. The molecule has 0 aliphatic carbocycles. The Hall–Kier alpha value is -1.09. The number of nitrogens with two attached hydrogens (primary N) is 1. The highest BCUT2D eigenvalue weighted by molar-refractivity contribution is 5.29. The summed E-state index contributed by atoms with van der Waals surface area (Å²) in [5.74, 6) is 0.830. The van der Waals surface area contributed by atoms with Crippen LogP contribution < -0.4 is 10.5 Å². The molecule has 0 amide bonds. The van der Waals surface area contributed by atoms with Crippen molar-refractivity contribution in [3.63, 3.8) is 0 Å². The molecule has 15 heavy (non-hydrogen) atoms. The van der Waals surface area contributed by atoms with E-state index in [1.807, 2.05) is 12.3 Å². The number of hydrogen-bond donors (Lipinski definition) is 1. The minimum Gasteiger partial charge on any atom is -0.492 e. The summed E-state index contributed by atoms with van der Waals surface area (Å²) >= 11 is 0. The number of hydrogen-bond acceptors (Lipinski definition) is 3. The van der Waals surface area contributed by atoms with Gasteiger partial charge in [-0.2, -0.15) is 0 Å². The molecule has 3 heteroatoms. The van der Waals surface area contributed by atoms with Gasteiger partial charge in [-0.05, 0) is 18.1 Å². The molecule has 1 aromatic rings. The molecule has 0 aromatic carbocycles. The standard InChI is InChI=1S/C12H20N2O/c1-4-5-15-11-6-10(7-14-8-11)12(2,3)9-13/h6-8H,4-5,9,13H2,1-3H3. The predicted molar refractivity (Wildman–Crippen MR) is 62.1 cm³/mol. The van der Waals surface area contributed by atoms with Gasteiger partial charge in [0.1, 0.15) is 5.75 Å². The molecule has 0 saturated heterocycles. The Bertz CT molecular complexity index is 310. The lowest BCUT2D eigenvalue weighted by Gasteiger charge is -2.22. The van der Waals surface area contributed by atoms with Crippen LogP contribution in [0.25, 0.3) is 0 Å². The maximum Gasteiger partial charge on any atom is 0.137 e. The summed E-state index contributed by atoms with van der Waals surface area (Å²) in [5.41, 5.74) is 6.80. The molecular weight excluding hydrogens is 188 g/mol. The Kier molecular flexibility index (Phi) is 4.09. The Morgan fingerprint density at radius 3 is 2.73 bits per heavy atom. The van der Waals surface area contributed by atoms with Crippen LogP contribution in [-0.4, -0.2) is 18.1 Å². The molecule has 1 heterocycles. The van der Waals surface area contributed by atoms with E-state index in [0.29, 0.717) is 6.54 Å². The van der Waals surface area contributed by atoms with Crippen molar-refractivity contribution in [1.29, 1.82) is 0 Å². The Labute approximate surface area is 91.7 Å². The quantitative estimate of drug-likeness (QED) is 0.806. The van der Waals surface area contributed by atoms with Crippen molar-refractivity contribution >= 4 is 0 Å². The second kappa shape index (κ2) is 5.12. The van der Waals surface area contributed by atoms with E-state index in [9.17, 15) is 0 Å². The molecule has 0 saturated carbocycles. The lowest BCUT2D eigenvalue weighted by molar-refractivity contribution is 0.315. The molecule has 0 spiro atoms. The second-order valence-electron chi connectivity index (χ2n) is 4.35. The van der Waals surface area contributed by atoms with Crippen LogP contribution in [0.4, 0.5) is 0 Å². The molecule has 0 bridgehead atoms. The van der Waals surface area contributed by atoms with E-state index in [-0.39, 0.29) is 5.41 Å². The number of rotatable bonds is 5. The van der Waals surface area contributed by atoms with Gasteiger partial charge in [0.25, 0.3) is 0 Å². The van der Waals surface area contributed by atoms with Crippen LogP contribution in [0.1, 0.15) is 32.8 Å². The molecule has 0 unspecified atom stereocenters. The molecule has 1 aromatic heterocycles. The first-order valence-corrected chi connectivity index (χ1v) is 5.38. The molecule has 2 N–H and O–H groups in total. The average molecular weight is 208 g/mol. The average Bonchev–Trinajstić information content (AvgIpc) is 2.27. The van der Waals surface area contributed by atoms with Crippen molar-refractivity contribution in [2.45, 2.75) is 32.6 Å². The summed E-state index contributed by atoms with van der Waals surface area (Å²) in [4.78, 5) is 4.17. The molecule has 84 valence electrons. The zero-order valence-corrected chi connectivity index (χ0v) is 9.79. The zero-order valence-electron chi connectivity index (χ0n) is 9.79. The number of aromatic nitrogens is 1. The third-order valence-corrected chi connectivity index (χ3v) is 2.48. The summed E-state index contributed by atoms with van der Waals surface area (Å²) < 4.78 is 5.53. The fourth-order valence-corrected chi connectivity index (χ4v) is 1.21. The molecule has 1 rings (SSSR count). The Morgan fingerprint density at radius 1 is 1.40 bits per heavy atom. The number of pyridine rings is 1. The van der Waals surface area contributed by atoms with Crippen LogP contribution in [0.15, 0.2) is 18.5 Å². The van der Waals surface area contributed by atoms with Gasteiger partial charge in [0.05, 0.1) is 12.8 Å². The van der Waals surface area contributed by atoms with E-state index >= 15 is 0 Å². The summed E-state index contributed by atoms with van der Waals surface area (Å²) in [6, 6.07) is 2.02. The van der Waals surface area contributed by atoms with Crippen LogP contribution >= 0.6 is 0 Å². The zero-order chi connectivity index (χ0) is 11.3. The molecule has 3 nitrogen and oxygen atoms in total. The second-order valence-corrected chi connectivity index (χ2v) is 4.35. The third-order valence-electron chi connectivity index (χ3n) is 2.48. The van der Waals surface area contributed by atoms with Crippen LogP contribution in [0, 0.1) is 0 Å². The molecule has 0 atom stereocenters. The fourth-order valence-electron chi connectivity index (χ4n) is 1.21. The van der Waals surface area contributed by atoms with Gasteiger partial charge in [0, 0.05) is 18.2 Å². The maximum atomic E-state index is 5.72. The van der Waals surface area contributed by atoms with Crippen molar-refractivity contribution in [2.75, 3.05) is 13.2 Å². The van der Waals surface area contributed by atoms with Gasteiger partial charge < -0.3 is 10.5 Å². The van der Waals surface area contributed by atoms with E-state index in [1.54, 1.807) is 6.20 Å². The van der Waals surface area contributed by atoms with Gasteiger partial charge >= 0.3 is 0 Å². The topological polar surface area (TPSA) is 48.1 Å². The number of ether oxygens (including phenoxy) is 1. The minimum atomic E-state index is -0.0431. The van der Waals surface area contributed by atoms with Crippen molar-refractivity contribution in [3.05, 3.63) is 24.0 Å². The highest BCUT2D eigenvalue weighted by Gasteiger charge is 2.19. The molecular formula is C12H20N2O. The lowest BCUT2D eigenvalue weighted by atomic mass is 9.86. The minimum absolute atomic E-state index is 0.0431. The van der Waals surface area contributed by atoms with Crippen molar-refractivity contribution in [3.8, 4) is 5.75 Å². The van der Waals surface area contributed by atoms with Crippen LogP contribution in [-0.2, 0) is 5.41 Å². The summed E-state index contributed by atoms with van der Waals surface area (Å²) in [6.45, 7) is 7.63. The van der Waals surface area contributed by atoms with Crippen LogP contribution in [0.3, 0.4) is 0 Å². The predicted octanol–water partition coefficient (Wildman–Crippen LogP) is 2.11. The van der Waals surface area contributed by atoms with Gasteiger partial charge in [-0.1, -0.05) is 20.8 Å². The molecule has 0 fully saturated rings. The van der Waals surface area contributed by atoms with Crippen molar-refractivity contribution in [2.24, 2.45) is 5.73 Å². The first-order chi connectivity index (χ1) is 7.10. The van der Waals surface area contributed by atoms with Crippen LogP contribution in [0.5, 0.6) is 5.75 Å². The monoisotopic (exact) mass is 208 g/mol. The number of nitrogens with zero attached hydrogens (tertiary/aromatic N) is 1. The first-order valence-electron chi connectivity index (χ1n) is 5.38. The highest BCUT2D eigenvalue weighted by atomic mass is 16.5. The lowest BCUT2D eigenvalue weighted by Crippen LogP contribution is -2.28. The molecule has 0 radical (unpaired) electrons. The summed E-state index contributed by atoms with van der Waals surface area (Å²) in [5, 5.41) is 0. The smallest absolute Gasteiger partial charge is 0.137 e. The maximum absolute atomic E-state index is 5.72. The van der Waals surface area contributed by atoms with Gasteiger partial charge in [0.15, 0.2) is 0 Å². The first kappa shape index (κ1) is 12.0. The molecule has 0 aliphatic heterocycles. The normalized spacial score (nSPS) is 11.5. The largest absolute Gasteiger partial charge is 0.492 e. The SMILES string of the molecule is CCCOc1cncc(C(C)(C)CN)c1. The van der Waals surface area contributed by atoms with Gasteiger partial charge in [0.2, 0.25) is 0 Å². The highest BCUT2D eigenvalue weighted by Crippen LogP contribution is 2.24. The molecule has 0 aliphatic rings. The van der Waals surface area contributed by atoms with Gasteiger partial charge in [-0.15, -0.1) is 0 Å². The summed E-state index contributed by atoms with van der Waals surface area (Å²) in [6.07, 6.45) is 4.60. The van der Waals surface area contributed by atoms with E-state index in [4.69, 9.17) is 10.5 Å². The van der Waals surface area contributed by atoms with E-state index < -0.39 is 0 Å². The van der Waals surface area contributed by atoms with Crippen LogP contribution in [0.2, 0.25) is 0 Å². The van der Waals surface area contributed by atoms with E-state index in [2.05, 4.69) is 25.8 Å². The van der Waals surface area contributed by atoms with Gasteiger partial charge in [-0.25, -0.2) is 0 Å². The van der Waals surface area contributed by atoms with E-state index in [0.717, 1.165) is 24.3 Å². The fraction of sp³-hybridized carbons (Fsp3) is 0.583. The van der Waals surface area contributed by atoms with Gasteiger partial charge in [-0.3, -0.25) is 4.98 Å². The summed E-state index contributed by atoms with van der Waals surface area (Å²) in [7, 11) is 0. The van der Waals surface area contributed by atoms with Crippen molar-refractivity contribution < 1.29 is 4.74 Å². The third kappa shape index (κ3) is 3.20. The Balaban J connectivity index is 2.82. The van der Waals surface area contributed by atoms with E-state index in [1.165, 1.54) is 0 Å².